The lowest BCUT2D eigenvalue weighted by Gasteiger charge is -2.20. The molecule has 0 radical (unpaired) electrons. The number of allylic oxidation sites excluding steroid dienone is 2. The van der Waals surface area contributed by atoms with Crippen LogP contribution in [0, 0.1) is 0 Å². The summed E-state index contributed by atoms with van der Waals surface area (Å²) in [6.07, 6.45) is 7.26. The van der Waals surface area contributed by atoms with Gasteiger partial charge in [0, 0.05) is 18.3 Å². The first-order valence-corrected chi connectivity index (χ1v) is 8.65. The van der Waals surface area contributed by atoms with Gasteiger partial charge in [0.2, 0.25) is 0 Å². The van der Waals surface area contributed by atoms with Crippen LogP contribution < -0.4 is 4.74 Å². The number of methoxy groups -OCH3 is 1. The van der Waals surface area contributed by atoms with Gasteiger partial charge in [0.25, 0.3) is 0 Å². The summed E-state index contributed by atoms with van der Waals surface area (Å²) in [7, 11) is 1.71. The lowest BCUT2D eigenvalue weighted by atomic mass is 9.84. The number of hydrogen-bond acceptors (Lipinski definition) is 2. The molecular formula is C23H21NO. The first-order chi connectivity index (χ1) is 12.3. The van der Waals surface area contributed by atoms with Gasteiger partial charge < -0.3 is 4.74 Å². The minimum Gasteiger partial charge on any atom is -0.497 e. The molecule has 1 aliphatic carbocycles. The maximum absolute atomic E-state index is 5.31. The molecule has 124 valence electrons. The molecule has 25 heavy (non-hydrogen) atoms. The Morgan fingerprint density at radius 3 is 2.24 bits per heavy atom. The quantitative estimate of drug-likeness (QED) is 0.636. The third-order valence-electron chi connectivity index (χ3n) is 5.03. The van der Waals surface area contributed by atoms with Gasteiger partial charge in [-0.15, -0.1) is 0 Å². The van der Waals surface area contributed by atoms with E-state index in [1.165, 1.54) is 22.3 Å². The molecule has 1 heterocycles. The van der Waals surface area contributed by atoms with Gasteiger partial charge in [-0.05, 0) is 58.9 Å². The Balaban J connectivity index is 1.73. The van der Waals surface area contributed by atoms with Crippen LogP contribution in [0.25, 0.3) is 5.57 Å². The van der Waals surface area contributed by atoms with Crippen LogP contribution in [0.5, 0.6) is 5.75 Å². The van der Waals surface area contributed by atoms with Gasteiger partial charge in [-0.2, -0.15) is 0 Å². The standard InChI is InChI=1S/C23H21NO/c1-25-21-9-7-18(8-10-21)22-15-20(17-5-3-2-4-6-17)16-23(22)19-11-13-24-14-12-19/h2-15,22-23H,16H2,1H3/t22-,23-/m1/s1. The van der Waals surface area contributed by atoms with E-state index in [-0.39, 0.29) is 0 Å². The maximum atomic E-state index is 5.31. The molecule has 0 aliphatic heterocycles. The summed E-state index contributed by atoms with van der Waals surface area (Å²) in [5, 5.41) is 0. The molecule has 2 atom stereocenters. The fourth-order valence-corrected chi connectivity index (χ4v) is 3.72. The summed E-state index contributed by atoms with van der Waals surface area (Å²) in [6, 6.07) is 23.4. The van der Waals surface area contributed by atoms with E-state index >= 15 is 0 Å². The number of pyridine rings is 1. The summed E-state index contributed by atoms with van der Waals surface area (Å²) in [5.41, 5.74) is 5.41. The number of benzene rings is 2. The first-order valence-electron chi connectivity index (χ1n) is 8.65. The third kappa shape index (κ3) is 3.20. The van der Waals surface area contributed by atoms with E-state index in [9.17, 15) is 0 Å². The van der Waals surface area contributed by atoms with E-state index in [4.69, 9.17) is 4.74 Å². The van der Waals surface area contributed by atoms with Crippen molar-refractivity contribution in [1.29, 1.82) is 0 Å². The van der Waals surface area contributed by atoms with Gasteiger partial charge in [-0.25, -0.2) is 0 Å². The fraction of sp³-hybridized carbons (Fsp3) is 0.174. The van der Waals surface area contributed by atoms with Crippen molar-refractivity contribution in [3.05, 3.63) is 102 Å². The molecule has 0 fully saturated rings. The second-order valence-corrected chi connectivity index (χ2v) is 6.45. The van der Waals surface area contributed by atoms with Crippen LogP contribution in [0.15, 0.2) is 85.2 Å². The van der Waals surface area contributed by atoms with Crippen LogP contribution in [0.2, 0.25) is 0 Å². The number of aromatic nitrogens is 1. The zero-order valence-corrected chi connectivity index (χ0v) is 14.3. The molecule has 0 unspecified atom stereocenters. The second-order valence-electron chi connectivity index (χ2n) is 6.45. The second kappa shape index (κ2) is 6.94. The normalized spacial score (nSPS) is 19.5. The predicted octanol–water partition coefficient (Wildman–Crippen LogP) is 5.44. The molecule has 0 bridgehead atoms. The summed E-state index contributed by atoms with van der Waals surface area (Å²) in [4.78, 5) is 4.18. The van der Waals surface area contributed by atoms with E-state index in [0.29, 0.717) is 11.8 Å². The fourth-order valence-electron chi connectivity index (χ4n) is 3.72. The molecule has 0 saturated carbocycles. The summed E-state index contributed by atoms with van der Waals surface area (Å²) in [6.45, 7) is 0. The number of nitrogens with zero attached hydrogens (tertiary/aromatic N) is 1. The topological polar surface area (TPSA) is 22.1 Å². The first kappa shape index (κ1) is 15.6. The van der Waals surface area contributed by atoms with Crippen molar-refractivity contribution in [2.75, 3.05) is 7.11 Å². The molecule has 3 aromatic rings. The Hall–Kier alpha value is -2.87. The minimum atomic E-state index is 0.364. The highest BCUT2D eigenvalue weighted by Crippen LogP contribution is 2.47. The lowest BCUT2D eigenvalue weighted by Crippen LogP contribution is -2.05. The number of ether oxygens (including phenoxy) is 1. The summed E-state index contributed by atoms with van der Waals surface area (Å²) in [5.74, 6) is 1.70. The van der Waals surface area contributed by atoms with E-state index in [1.54, 1.807) is 7.11 Å². The molecule has 2 nitrogen and oxygen atoms in total. The summed E-state index contributed by atoms with van der Waals surface area (Å²) >= 11 is 0. The van der Waals surface area contributed by atoms with Crippen molar-refractivity contribution in [1.82, 2.24) is 4.98 Å². The predicted molar refractivity (Wildman–Crippen MR) is 102 cm³/mol. The number of hydrogen-bond donors (Lipinski definition) is 0. The Kier molecular flexibility index (Phi) is 4.34. The average molecular weight is 327 g/mol. The zero-order chi connectivity index (χ0) is 17.1. The smallest absolute Gasteiger partial charge is 0.118 e. The maximum Gasteiger partial charge on any atom is 0.118 e. The van der Waals surface area contributed by atoms with Crippen LogP contribution in [0.4, 0.5) is 0 Å². The van der Waals surface area contributed by atoms with E-state index in [2.05, 4.69) is 65.7 Å². The van der Waals surface area contributed by atoms with E-state index in [1.807, 2.05) is 24.5 Å². The van der Waals surface area contributed by atoms with E-state index in [0.717, 1.165) is 12.2 Å². The molecule has 0 N–H and O–H groups in total. The Bertz CT molecular complexity index is 854. The molecule has 0 amide bonds. The van der Waals surface area contributed by atoms with Crippen LogP contribution in [0.3, 0.4) is 0 Å². The molecule has 2 aromatic carbocycles. The van der Waals surface area contributed by atoms with Crippen molar-refractivity contribution in [2.45, 2.75) is 18.3 Å². The molecule has 0 saturated heterocycles. The Morgan fingerprint density at radius 1 is 0.840 bits per heavy atom. The minimum absolute atomic E-state index is 0.364. The number of rotatable bonds is 4. The van der Waals surface area contributed by atoms with Crippen molar-refractivity contribution in [3.8, 4) is 5.75 Å². The average Bonchev–Trinajstić information content (AvgIpc) is 3.15. The van der Waals surface area contributed by atoms with Gasteiger partial charge in [0.1, 0.15) is 5.75 Å². The van der Waals surface area contributed by atoms with Crippen LogP contribution in [0.1, 0.15) is 34.9 Å². The lowest BCUT2D eigenvalue weighted by molar-refractivity contribution is 0.414. The van der Waals surface area contributed by atoms with Gasteiger partial charge >= 0.3 is 0 Å². The molecule has 2 heteroatoms. The SMILES string of the molecule is COc1ccc([C@H]2C=C(c3ccccc3)C[C@@H]2c2ccncc2)cc1. The Morgan fingerprint density at radius 2 is 1.56 bits per heavy atom. The van der Waals surface area contributed by atoms with Crippen LogP contribution in [-0.4, -0.2) is 12.1 Å². The van der Waals surface area contributed by atoms with Crippen LogP contribution in [-0.2, 0) is 0 Å². The van der Waals surface area contributed by atoms with Gasteiger partial charge in [0.05, 0.1) is 7.11 Å². The summed E-state index contributed by atoms with van der Waals surface area (Å²) < 4.78 is 5.31. The van der Waals surface area contributed by atoms with Crippen molar-refractivity contribution >= 4 is 5.57 Å². The van der Waals surface area contributed by atoms with Gasteiger partial charge in [0.15, 0.2) is 0 Å². The molecule has 1 aromatic heterocycles. The zero-order valence-electron chi connectivity index (χ0n) is 14.3. The third-order valence-corrected chi connectivity index (χ3v) is 5.03. The van der Waals surface area contributed by atoms with Crippen molar-refractivity contribution in [2.24, 2.45) is 0 Å². The Labute approximate surface area is 148 Å². The molecule has 0 spiro atoms. The van der Waals surface area contributed by atoms with Crippen molar-refractivity contribution < 1.29 is 4.74 Å². The highest BCUT2D eigenvalue weighted by Gasteiger charge is 2.30. The van der Waals surface area contributed by atoms with Crippen LogP contribution >= 0.6 is 0 Å². The van der Waals surface area contributed by atoms with Gasteiger partial charge in [-0.1, -0.05) is 48.5 Å². The monoisotopic (exact) mass is 327 g/mol. The van der Waals surface area contributed by atoms with Crippen molar-refractivity contribution in [3.63, 3.8) is 0 Å². The highest BCUT2D eigenvalue weighted by atomic mass is 16.5. The van der Waals surface area contributed by atoms with E-state index < -0.39 is 0 Å². The molecule has 1 aliphatic rings. The molecular weight excluding hydrogens is 306 g/mol. The highest BCUT2D eigenvalue weighted by molar-refractivity contribution is 5.71. The largest absolute Gasteiger partial charge is 0.497 e. The molecule has 4 rings (SSSR count). The van der Waals surface area contributed by atoms with Gasteiger partial charge in [-0.3, -0.25) is 4.98 Å².